The Balaban J connectivity index is 1.46. The van der Waals surface area contributed by atoms with Crippen molar-refractivity contribution in [3.63, 3.8) is 0 Å². The largest absolute Gasteiger partial charge is 0.481 e. The van der Waals surface area contributed by atoms with Gasteiger partial charge in [0.05, 0.1) is 18.1 Å². The van der Waals surface area contributed by atoms with Crippen LogP contribution >= 0.6 is 0 Å². The Morgan fingerprint density at radius 2 is 2.05 bits per heavy atom. The predicted molar refractivity (Wildman–Crippen MR) is 75.9 cm³/mol. The smallest absolute Gasteiger partial charge is 0.310 e. The van der Waals surface area contributed by atoms with E-state index in [1.165, 1.54) is 0 Å². The van der Waals surface area contributed by atoms with E-state index in [9.17, 15) is 19.5 Å². The SMILES string of the molecule is O=C(O)[C@@H]1[C@H](C(=O)NCCCN2CCCC2=O)[C@H]2C=C[C@H]1O2. The first-order valence-electron chi connectivity index (χ1n) is 7.70. The van der Waals surface area contributed by atoms with Crippen LogP contribution in [0.25, 0.3) is 0 Å². The van der Waals surface area contributed by atoms with Crippen LogP contribution in [0.15, 0.2) is 12.2 Å². The number of carboxylic acids is 1. The first-order valence-corrected chi connectivity index (χ1v) is 7.70. The number of nitrogens with zero attached hydrogens (tertiary/aromatic N) is 1. The quantitative estimate of drug-likeness (QED) is 0.522. The molecule has 0 radical (unpaired) electrons. The lowest BCUT2D eigenvalue weighted by Gasteiger charge is -2.21. The fraction of sp³-hybridized carbons (Fsp3) is 0.667. The van der Waals surface area contributed by atoms with E-state index in [1.54, 1.807) is 17.1 Å². The average Bonchev–Trinajstić information content (AvgIpc) is 3.18. The summed E-state index contributed by atoms with van der Waals surface area (Å²) in [6.07, 6.45) is 4.73. The van der Waals surface area contributed by atoms with E-state index in [2.05, 4.69) is 5.32 Å². The summed E-state index contributed by atoms with van der Waals surface area (Å²) in [6.45, 7) is 1.86. The highest BCUT2D eigenvalue weighted by molar-refractivity contribution is 5.87. The number of nitrogens with one attached hydrogen (secondary N) is 1. The van der Waals surface area contributed by atoms with Gasteiger partial charge in [-0.25, -0.2) is 0 Å². The highest BCUT2D eigenvalue weighted by atomic mass is 16.5. The summed E-state index contributed by atoms with van der Waals surface area (Å²) in [6, 6.07) is 0. The minimum absolute atomic E-state index is 0.170. The maximum Gasteiger partial charge on any atom is 0.310 e. The van der Waals surface area contributed by atoms with Crippen LogP contribution in [0.5, 0.6) is 0 Å². The first-order chi connectivity index (χ1) is 10.6. The Labute approximate surface area is 128 Å². The van der Waals surface area contributed by atoms with Gasteiger partial charge in [0, 0.05) is 26.1 Å². The Kier molecular flexibility index (Phi) is 4.15. The molecule has 0 spiro atoms. The first kappa shape index (κ1) is 15.0. The minimum atomic E-state index is -1.00. The minimum Gasteiger partial charge on any atom is -0.481 e. The standard InChI is InChI=1S/C15H20N2O5/c18-11-3-1-7-17(11)8-2-6-16-14(19)12-9-4-5-10(22-9)13(12)15(20)21/h4-5,9-10,12-13H,1-3,6-8H2,(H,16,19)(H,20,21)/t9-,10-,12-,13+/m1/s1. The molecule has 3 heterocycles. The topological polar surface area (TPSA) is 95.9 Å². The number of carbonyl (C=O) groups is 3. The molecular weight excluding hydrogens is 288 g/mol. The van der Waals surface area contributed by atoms with Crippen molar-refractivity contribution in [3.8, 4) is 0 Å². The number of hydrogen-bond acceptors (Lipinski definition) is 4. The van der Waals surface area contributed by atoms with E-state index in [0.717, 1.165) is 13.0 Å². The van der Waals surface area contributed by atoms with Gasteiger partial charge in [-0.2, -0.15) is 0 Å². The molecule has 0 saturated carbocycles. The molecule has 2 N–H and O–H groups in total. The van der Waals surface area contributed by atoms with Crippen molar-refractivity contribution in [1.82, 2.24) is 10.2 Å². The summed E-state index contributed by atoms with van der Waals surface area (Å²) >= 11 is 0. The molecule has 3 aliphatic rings. The van der Waals surface area contributed by atoms with Crippen LogP contribution in [0.1, 0.15) is 19.3 Å². The number of likely N-dealkylation sites (tertiary alicyclic amines) is 1. The van der Waals surface area contributed by atoms with Crippen molar-refractivity contribution in [2.45, 2.75) is 31.5 Å². The van der Waals surface area contributed by atoms with Gasteiger partial charge in [-0.05, 0) is 12.8 Å². The van der Waals surface area contributed by atoms with Gasteiger partial charge in [0.15, 0.2) is 0 Å². The zero-order valence-electron chi connectivity index (χ0n) is 12.2. The normalized spacial score (nSPS) is 32.7. The molecule has 3 aliphatic heterocycles. The molecule has 7 nitrogen and oxygen atoms in total. The summed E-state index contributed by atoms with van der Waals surface area (Å²) < 4.78 is 5.48. The molecule has 0 aromatic carbocycles. The van der Waals surface area contributed by atoms with Crippen LogP contribution in [0.4, 0.5) is 0 Å². The lowest BCUT2D eigenvalue weighted by Crippen LogP contribution is -2.43. The third kappa shape index (κ3) is 2.72. The molecule has 2 amide bonds. The van der Waals surface area contributed by atoms with E-state index < -0.39 is 30.0 Å². The van der Waals surface area contributed by atoms with Crippen LogP contribution in [-0.4, -0.2) is 59.6 Å². The lowest BCUT2D eigenvalue weighted by molar-refractivity contribution is -0.146. The monoisotopic (exact) mass is 308 g/mol. The summed E-state index contributed by atoms with van der Waals surface area (Å²) in [4.78, 5) is 36.8. The van der Waals surface area contributed by atoms with Crippen molar-refractivity contribution in [1.29, 1.82) is 0 Å². The Hall–Kier alpha value is -1.89. The Morgan fingerprint density at radius 3 is 2.68 bits per heavy atom. The number of aliphatic carboxylic acids is 1. The summed E-state index contributed by atoms with van der Waals surface area (Å²) in [5.74, 6) is -2.59. The Morgan fingerprint density at radius 1 is 1.32 bits per heavy atom. The molecule has 2 saturated heterocycles. The number of carbonyl (C=O) groups excluding carboxylic acids is 2. The zero-order valence-corrected chi connectivity index (χ0v) is 12.2. The van der Waals surface area contributed by atoms with E-state index in [1.807, 2.05) is 0 Å². The van der Waals surface area contributed by atoms with Crippen molar-refractivity contribution < 1.29 is 24.2 Å². The van der Waals surface area contributed by atoms with Gasteiger partial charge in [0.1, 0.15) is 5.92 Å². The molecule has 2 bridgehead atoms. The van der Waals surface area contributed by atoms with E-state index in [0.29, 0.717) is 25.9 Å². The second-order valence-corrected chi connectivity index (χ2v) is 5.97. The van der Waals surface area contributed by atoms with Gasteiger partial charge in [-0.3, -0.25) is 14.4 Å². The molecular formula is C15H20N2O5. The second-order valence-electron chi connectivity index (χ2n) is 5.97. The third-order valence-corrected chi connectivity index (χ3v) is 4.56. The molecule has 0 aromatic rings. The van der Waals surface area contributed by atoms with Crippen LogP contribution in [0, 0.1) is 11.8 Å². The maximum absolute atomic E-state index is 12.2. The number of amides is 2. The van der Waals surface area contributed by atoms with Gasteiger partial charge in [-0.1, -0.05) is 12.2 Å². The van der Waals surface area contributed by atoms with E-state index in [-0.39, 0.29) is 11.8 Å². The second kappa shape index (κ2) is 6.08. The number of fused-ring (bicyclic) bond motifs is 2. The van der Waals surface area contributed by atoms with Crippen molar-refractivity contribution >= 4 is 17.8 Å². The molecule has 0 aromatic heterocycles. The Bertz CT molecular complexity index is 518. The maximum atomic E-state index is 12.2. The van der Waals surface area contributed by atoms with Crippen LogP contribution < -0.4 is 5.32 Å². The number of ether oxygens (including phenoxy) is 1. The number of rotatable bonds is 6. The molecule has 0 aliphatic carbocycles. The van der Waals surface area contributed by atoms with Crippen LogP contribution in [0.2, 0.25) is 0 Å². The van der Waals surface area contributed by atoms with Crippen molar-refractivity contribution in [2.75, 3.05) is 19.6 Å². The molecule has 120 valence electrons. The fourth-order valence-electron chi connectivity index (χ4n) is 3.45. The fourth-order valence-corrected chi connectivity index (χ4v) is 3.45. The summed E-state index contributed by atoms with van der Waals surface area (Å²) in [7, 11) is 0. The van der Waals surface area contributed by atoms with Gasteiger partial charge in [0.2, 0.25) is 11.8 Å². The van der Waals surface area contributed by atoms with E-state index >= 15 is 0 Å². The summed E-state index contributed by atoms with van der Waals surface area (Å²) in [5.41, 5.74) is 0. The molecule has 2 fully saturated rings. The van der Waals surface area contributed by atoms with Gasteiger partial charge >= 0.3 is 5.97 Å². The van der Waals surface area contributed by atoms with Crippen molar-refractivity contribution in [3.05, 3.63) is 12.2 Å². The highest BCUT2D eigenvalue weighted by Gasteiger charge is 2.53. The predicted octanol–water partition coefficient (Wildman–Crippen LogP) is -0.231. The molecule has 3 rings (SSSR count). The van der Waals surface area contributed by atoms with Crippen LogP contribution in [-0.2, 0) is 19.1 Å². The average molecular weight is 308 g/mol. The van der Waals surface area contributed by atoms with E-state index in [4.69, 9.17) is 4.74 Å². The number of hydrogen-bond donors (Lipinski definition) is 2. The zero-order chi connectivity index (χ0) is 15.7. The third-order valence-electron chi connectivity index (χ3n) is 4.56. The molecule has 0 unspecified atom stereocenters. The highest BCUT2D eigenvalue weighted by Crippen LogP contribution is 2.39. The van der Waals surface area contributed by atoms with Gasteiger partial charge in [-0.15, -0.1) is 0 Å². The van der Waals surface area contributed by atoms with Gasteiger partial charge < -0.3 is 20.1 Å². The summed E-state index contributed by atoms with van der Waals surface area (Å²) in [5, 5.41) is 12.0. The lowest BCUT2D eigenvalue weighted by atomic mass is 9.82. The van der Waals surface area contributed by atoms with Gasteiger partial charge in [0.25, 0.3) is 0 Å². The molecule has 22 heavy (non-hydrogen) atoms. The number of carboxylic acid groups (broad SMARTS) is 1. The van der Waals surface area contributed by atoms with Crippen LogP contribution in [0.3, 0.4) is 0 Å². The molecule has 4 atom stereocenters. The molecule has 7 heteroatoms. The van der Waals surface area contributed by atoms with Crippen molar-refractivity contribution in [2.24, 2.45) is 11.8 Å².